The van der Waals surface area contributed by atoms with E-state index in [0.717, 1.165) is 11.6 Å². The molecule has 2 heterocycles. The number of hydrogen-bond acceptors (Lipinski definition) is 2. The van der Waals surface area contributed by atoms with Crippen molar-refractivity contribution in [1.29, 1.82) is 0 Å². The molecule has 2 aromatic rings. The fourth-order valence-corrected chi connectivity index (χ4v) is 2.25. The van der Waals surface area contributed by atoms with Crippen LogP contribution in [0, 0.1) is 11.8 Å². The minimum absolute atomic E-state index is 0.213. The third-order valence-corrected chi connectivity index (χ3v) is 3.16. The van der Waals surface area contributed by atoms with Gasteiger partial charge in [-0.15, -0.1) is 0 Å². The number of aromatic nitrogens is 1. The maximum atomic E-state index is 13.3. The monoisotopic (exact) mass is 260 g/mol. The normalized spacial score (nSPS) is 13.5. The van der Waals surface area contributed by atoms with Gasteiger partial charge in [0.1, 0.15) is 5.82 Å². The summed E-state index contributed by atoms with van der Waals surface area (Å²) in [6.07, 6.45) is 1.92. The van der Waals surface area contributed by atoms with Crippen molar-refractivity contribution in [2.45, 2.75) is 6.42 Å². The van der Waals surface area contributed by atoms with Crippen LogP contribution < -0.4 is 4.90 Å². The van der Waals surface area contributed by atoms with E-state index in [1.54, 1.807) is 6.07 Å². The molecule has 1 aliphatic heterocycles. The maximum Gasteiger partial charge on any atom is 0.258 e. The van der Waals surface area contributed by atoms with Gasteiger partial charge in [-0.1, -0.05) is 6.07 Å². The first-order valence-corrected chi connectivity index (χ1v) is 5.87. The van der Waals surface area contributed by atoms with Gasteiger partial charge in [-0.3, -0.25) is 4.79 Å². The van der Waals surface area contributed by atoms with Crippen molar-refractivity contribution in [3.05, 3.63) is 59.4 Å². The number of benzene rings is 1. The predicted octanol–water partition coefficient (Wildman–Crippen LogP) is 2.56. The Morgan fingerprint density at radius 3 is 2.84 bits per heavy atom. The number of rotatable bonds is 1. The van der Waals surface area contributed by atoms with Crippen molar-refractivity contribution in [1.82, 2.24) is 4.98 Å². The van der Waals surface area contributed by atoms with Gasteiger partial charge in [0, 0.05) is 24.4 Å². The quantitative estimate of drug-likeness (QED) is 0.738. The van der Waals surface area contributed by atoms with Gasteiger partial charge >= 0.3 is 0 Å². The lowest BCUT2D eigenvalue weighted by Crippen LogP contribution is -2.29. The Morgan fingerprint density at radius 1 is 1.21 bits per heavy atom. The zero-order chi connectivity index (χ0) is 13.4. The molecule has 0 spiro atoms. The Labute approximate surface area is 108 Å². The van der Waals surface area contributed by atoms with E-state index in [0.29, 0.717) is 18.7 Å². The molecule has 3 rings (SSSR count). The first kappa shape index (κ1) is 11.8. The number of hydrogen-bond donors (Lipinski definition) is 0. The van der Waals surface area contributed by atoms with Crippen molar-refractivity contribution in [3.63, 3.8) is 0 Å². The minimum atomic E-state index is -0.704. The highest BCUT2D eigenvalue weighted by Crippen LogP contribution is 2.29. The molecule has 1 aliphatic rings. The highest BCUT2D eigenvalue weighted by atomic mass is 19.1. The number of halogens is 2. The van der Waals surface area contributed by atoms with Crippen LogP contribution in [0.25, 0.3) is 0 Å². The Kier molecular flexibility index (Phi) is 2.74. The lowest BCUT2D eigenvalue weighted by Gasteiger charge is -2.17. The Bertz CT molecular complexity index is 658. The van der Waals surface area contributed by atoms with Crippen LogP contribution in [-0.2, 0) is 6.42 Å². The van der Waals surface area contributed by atoms with Gasteiger partial charge in [0.15, 0.2) is 0 Å². The van der Waals surface area contributed by atoms with Crippen LogP contribution in [0.2, 0.25) is 0 Å². The van der Waals surface area contributed by atoms with E-state index in [2.05, 4.69) is 4.98 Å². The summed E-state index contributed by atoms with van der Waals surface area (Å²) in [5, 5.41) is 0. The Balaban J connectivity index is 1.97. The number of pyridine rings is 1. The van der Waals surface area contributed by atoms with Crippen LogP contribution in [0.1, 0.15) is 15.9 Å². The molecule has 0 saturated carbocycles. The highest BCUT2D eigenvalue weighted by Gasteiger charge is 2.26. The predicted molar refractivity (Wildman–Crippen MR) is 66.0 cm³/mol. The average molecular weight is 260 g/mol. The van der Waals surface area contributed by atoms with Gasteiger partial charge in [0.25, 0.3) is 5.91 Å². The zero-order valence-corrected chi connectivity index (χ0v) is 9.94. The molecular formula is C14H10F2N2O. The van der Waals surface area contributed by atoms with E-state index in [9.17, 15) is 13.6 Å². The van der Waals surface area contributed by atoms with Crippen LogP contribution in [0.3, 0.4) is 0 Å². The fourth-order valence-electron chi connectivity index (χ4n) is 2.25. The minimum Gasteiger partial charge on any atom is -0.308 e. The SMILES string of the molecule is O=C(c1ccnc(F)c1)N1CCc2ccc(F)cc21. The maximum absolute atomic E-state index is 13.3. The number of anilines is 1. The van der Waals surface area contributed by atoms with E-state index < -0.39 is 5.95 Å². The molecule has 19 heavy (non-hydrogen) atoms. The topological polar surface area (TPSA) is 33.2 Å². The third-order valence-electron chi connectivity index (χ3n) is 3.16. The van der Waals surface area contributed by atoms with Crippen molar-refractivity contribution in [3.8, 4) is 0 Å². The summed E-state index contributed by atoms with van der Waals surface area (Å²) in [4.78, 5) is 17.2. The Hall–Kier alpha value is -2.30. The number of carbonyl (C=O) groups excluding carboxylic acids is 1. The molecule has 0 unspecified atom stereocenters. The van der Waals surface area contributed by atoms with Crippen LogP contribution in [0.5, 0.6) is 0 Å². The molecule has 5 heteroatoms. The van der Waals surface area contributed by atoms with Crippen LogP contribution in [-0.4, -0.2) is 17.4 Å². The van der Waals surface area contributed by atoms with Gasteiger partial charge in [-0.05, 0) is 30.2 Å². The summed E-state index contributed by atoms with van der Waals surface area (Å²) in [6.45, 7) is 0.474. The summed E-state index contributed by atoms with van der Waals surface area (Å²) in [5.41, 5.74) is 1.69. The standard InChI is InChI=1S/C14H10F2N2O/c15-11-2-1-9-4-6-18(12(9)8-11)14(19)10-3-5-17-13(16)7-10/h1-3,5,7-8H,4,6H2. The lowest BCUT2D eigenvalue weighted by atomic mass is 10.1. The van der Waals surface area contributed by atoms with Crippen LogP contribution >= 0.6 is 0 Å². The van der Waals surface area contributed by atoms with Crippen molar-refractivity contribution in [2.75, 3.05) is 11.4 Å². The summed E-state index contributed by atoms with van der Waals surface area (Å²) in [7, 11) is 0. The fraction of sp³-hybridized carbons (Fsp3) is 0.143. The second kappa shape index (κ2) is 4.42. The van der Waals surface area contributed by atoms with E-state index in [4.69, 9.17) is 0 Å². The van der Waals surface area contributed by atoms with Crippen molar-refractivity contribution in [2.24, 2.45) is 0 Å². The molecule has 96 valence electrons. The summed E-state index contributed by atoms with van der Waals surface area (Å²) in [6, 6.07) is 6.91. The lowest BCUT2D eigenvalue weighted by molar-refractivity contribution is 0.0988. The second-order valence-electron chi connectivity index (χ2n) is 4.35. The van der Waals surface area contributed by atoms with E-state index >= 15 is 0 Å². The molecular weight excluding hydrogens is 250 g/mol. The van der Waals surface area contributed by atoms with Gasteiger partial charge in [0.05, 0.1) is 5.69 Å². The summed E-state index contributed by atoms with van der Waals surface area (Å²) in [5.74, 6) is -1.44. The number of carbonyl (C=O) groups is 1. The molecule has 3 nitrogen and oxygen atoms in total. The molecule has 0 aliphatic carbocycles. The zero-order valence-electron chi connectivity index (χ0n) is 9.94. The molecule has 0 N–H and O–H groups in total. The molecule has 0 saturated heterocycles. The van der Waals surface area contributed by atoms with Gasteiger partial charge in [-0.2, -0.15) is 4.39 Å². The molecule has 0 atom stereocenters. The largest absolute Gasteiger partial charge is 0.308 e. The van der Waals surface area contributed by atoms with E-state index in [1.807, 2.05) is 0 Å². The first-order valence-electron chi connectivity index (χ1n) is 5.87. The third kappa shape index (κ3) is 2.07. The second-order valence-corrected chi connectivity index (χ2v) is 4.35. The Morgan fingerprint density at radius 2 is 2.05 bits per heavy atom. The van der Waals surface area contributed by atoms with Gasteiger partial charge < -0.3 is 4.90 Å². The van der Waals surface area contributed by atoms with Gasteiger partial charge in [-0.25, -0.2) is 9.37 Å². The molecule has 0 fully saturated rings. The van der Waals surface area contributed by atoms with Crippen molar-refractivity contribution >= 4 is 11.6 Å². The van der Waals surface area contributed by atoms with Gasteiger partial charge in [0.2, 0.25) is 5.95 Å². The molecule has 1 aromatic carbocycles. The smallest absolute Gasteiger partial charge is 0.258 e. The highest BCUT2D eigenvalue weighted by molar-refractivity contribution is 6.07. The molecule has 0 radical (unpaired) electrons. The van der Waals surface area contributed by atoms with Crippen LogP contribution in [0.4, 0.5) is 14.5 Å². The molecule has 1 aromatic heterocycles. The molecule has 0 bridgehead atoms. The number of fused-ring (bicyclic) bond motifs is 1. The first-order chi connectivity index (χ1) is 9.15. The van der Waals surface area contributed by atoms with Crippen molar-refractivity contribution < 1.29 is 13.6 Å². The van der Waals surface area contributed by atoms with E-state index in [-0.39, 0.29) is 17.3 Å². The summed E-state index contributed by atoms with van der Waals surface area (Å²) >= 11 is 0. The number of nitrogens with zero attached hydrogens (tertiary/aromatic N) is 2. The van der Waals surface area contributed by atoms with E-state index in [1.165, 1.54) is 29.3 Å². The molecule has 1 amide bonds. The number of amides is 1. The summed E-state index contributed by atoms with van der Waals surface area (Å²) < 4.78 is 26.3. The average Bonchev–Trinajstić information content (AvgIpc) is 2.80. The van der Waals surface area contributed by atoms with Crippen LogP contribution in [0.15, 0.2) is 36.5 Å².